The van der Waals surface area contributed by atoms with Crippen LogP contribution in [0.25, 0.3) is 6.08 Å². The smallest absolute Gasteiger partial charge is 0.330 e. The fraction of sp³-hybridized carbons (Fsp3) is 0.559. The van der Waals surface area contributed by atoms with Crippen molar-refractivity contribution < 1.29 is 43.5 Å². The van der Waals surface area contributed by atoms with Crippen molar-refractivity contribution in [3.8, 4) is 17.2 Å². The highest BCUT2D eigenvalue weighted by Gasteiger charge is 2.85. The lowest BCUT2D eigenvalue weighted by Crippen LogP contribution is -2.80. The summed E-state index contributed by atoms with van der Waals surface area (Å²) in [5, 5.41) is 21.3. The van der Waals surface area contributed by atoms with Crippen LogP contribution < -0.4 is 9.47 Å². The van der Waals surface area contributed by atoms with Crippen LogP contribution in [0.1, 0.15) is 82.8 Å². The molecule has 6 aliphatic rings. The van der Waals surface area contributed by atoms with Crippen LogP contribution in [-0.4, -0.2) is 63.4 Å². The quantitative estimate of drug-likeness (QED) is 0.338. The molecule has 9 nitrogen and oxygen atoms in total. The number of hydrogen-bond donors (Lipinski definition) is 2. The highest BCUT2D eigenvalue weighted by atomic mass is 16.6. The Labute approximate surface area is 251 Å². The monoisotopic (exact) mass is 592 g/mol. The molecule has 9 heteroatoms. The number of carbonyl (C=O) groups excluding carboxylic acids is 2. The Balaban J connectivity index is 1.68. The molecule has 3 saturated carbocycles. The summed E-state index contributed by atoms with van der Waals surface area (Å²) in [7, 11) is 1.48. The molecule has 0 aromatic heterocycles. The number of methoxy groups -OCH3 is 1. The van der Waals surface area contributed by atoms with E-state index in [1.807, 2.05) is 53.7 Å². The first-order chi connectivity index (χ1) is 20.0. The number of fused-ring (bicyclic) bond motifs is 2. The Morgan fingerprint density at radius 2 is 1.79 bits per heavy atom. The third kappa shape index (κ3) is 3.80. The van der Waals surface area contributed by atoms with E-state index >= 15 is 0 Å². The molecule has 0 amide bonds. The molecule has 1 saturated heterocycles. The van der Waals surface area contributed by atoms with Crippen molar-refractivity contribution in [2.45, 2.75) is 96.2 Å². The molecule has 0 radical (unpaired) electrons. The molecule has 3 heterocycles. The summed E-state index contributed by atoms with van der Waals surface area (Å²) in [4.78, 5) is 41.2. The van der Waals surface area contributed by atoms with E-state index in [1.54, 1.807) is 6.08 Å². The fourth-order valence-electron chi connectivity index (χ4n) is 8.31. The maximum Gasteiger partial charge on any atom is 0.330 e. The molecule has 3 aliphatic heterocycles. The van der Waals surface area contributed by atoms with Crippen LogP contribution in [0.5, 0.6) is 17.2 Å². The van der Waals surface area contributed by atoms with Gasteiger partial charge in [0, 0.05) is 36.5 Å². The number of aromatic hydroxyl groups is 1. The van der Waals surface area contributed by atoms with E-state index < -0.39 is 52.2 Å². The minimum atomic E-state index is -1.65. The average molecular weight is 593 g/mol. The number of ketones is 2. The number of ether oxygens (including phenoxy) is 4. The SMILES string of the molecule is CO[C@@H]1[C@@H]2C[C@H]3C(C)(C)O[C@@](C/C=C(\C)C(=O)O)(C2=O)[C@]32Oc3c(CC=C(C)C)c4c(c(O)c3C(=O)[C@@H]12)C=CC(C)(C)O4. The van der Waals surface area contributed by atoms with Gasteiger partial charge in [0.05, 0.1) is 23.2 Å². The summed E-state index contributed by atoms with van der Waals surface area (Å²) in [6.07, 6.45) is 6.97. The van der Waals surface area contributed by atoms with Crippen molar-refractivity contribution in [2.75, 3.05) is 7.11 Å². The molecule has 2 N–H and O–H groups in total. The number of Topliss-reactive ketones (excluding diaryl/α,β-unsaturated/α-hetero) is 2. The van der Waals surface area contributed by atoms with E-state index in [0.29, 0.717) is 29.7 Å². The van der Waals surface area contributed by atoms with Crippen molar-refractivity contribution >= 4 is 23.6 Å². The van der Waals surface area contributed by atoms with E-state index in [-0.39, 0.29) is 40.6 Å². The van der Waals surface area contributed by atoms with Gasteiger partial charge in [-0.2, -0.15) is 0 Å². The second-order valence-electron chi connectivity index (χ2n) is 13.9. The minimum Gasteiger partial charge on any atom is -0.506 e. The molecule has 4 bridgehead atoms. The molecule has 4 fully saturated rings. The van der Waals surface area contributed by atoms with Gasteiger partial charge in [0.1, 0.15) is 28.4 Å². The number of phenolic OH excluding ortho intramolecular Hbond substituents is 1. The maximum atomic E-state index is 14.9. The van der Waals surface area contributed by atoms with Gasteiger partial charge in [0.25, 0.3) is 0 Å². The number of allylic oxidation sites excluding steroid dienone is 2. The summed E-state index contributed by atoms with van der Waals surface area (Å²) in [6.45, 7) is 13.0. The lowest BCUT2D eigenvalue weighted by molar-refractivity contribution is -0.224. The van der Waals surface area contributed by atoms with Crippen molar-refractivity contribution in [3.05, 3.63) is 46.1 Å². The third-order valence-corrected chi connectivity index (χ3v) is 10.2. The van der Waals surface area contributed by atoms with E-state index in [1.165, 1.54) is 20.1 Å². The highest BCUT2D eigenvalue weighted by molar-refractivity contribution is 6.10. The number of aliphatic carboxylic acids is 1. The number of hydrogen-bond acceptors (Lipinski definition) is 8. The second kappa shape index (κ2) is 9.29. The number of carbonyl (C=O) groups is 3. The van der Waals surface area contributed by atoms with Crippen molar-refractivity contribution in [3.63, 3.8) is 0 Å². The number of rotatable bonds is 6. The summed E-state index contributed by atoms with van der Waals surface area (Å²) in [5.74, 6) is -3.41. The standard InChI is InChI=1S/C34H40O9/c1-16(2)9-10-19-26-18(12-13-31(4,5)41-26)24(35)22-25(36)23-28(40-8)20-15-21-32(6,7)43-33(29(20)37,14-11-17(3)30(38)39)34(21,23)42-27(19)22/h9,11-13,20-21,23,28,35H,10,14-15H2,1-8H3,(H,38,39)/b17-11+/t20-,21-,23-,28+,33-,34-/m0/s1. The first-order valence-corrected chi connectivity index (χ1v) is 14.9. The van der Waals surface area contributed by atoms with Crippen LogP contribution in [0.3, 0.4) is 0 Å². The molecular formula is C34H40O9. The molecule has 7 rings (SSSR count). The van der Waals surface area contributed by atoms with Gasteiger partial charge in [-0.1, -0.05) is 17.7 Å². The molecular weight excluding hydrogens is 552 g/mol. The van der Waals surface area contributed by atoms with E-state index in [2.05, 4.69) is 0 Å². The van der Waals surface area contributed by atoms with Crippen LogP contribution in [0.4, 0.5) is 0 Å². The molecule has 43 heavy (non-hydrogen) atoms. The molecule has 0 unspecified atom stereocenters. The third-order valence-electron chi connectivity index (χ3n) is 10.2. The zero-order chi connectivity index (χ0) is 31.4. The summed E-state index contributed by atoms with van der Waals surface area (Å²) < 4.78 is 26.2. The van der Waals surface area contributed by atoms with Crippen LogP contribution in [0, 0.1) is 17.8 Å². The highest BCUT2D eigenvalue weighted by Crippen LogP contribution is 2.70. The van der Waals surface area contributed by atoms with Crippen LogP contribution in [-0.2, 0) is 25.5 Å². The number of carboxylic acid groups (broad SMARTS) is 1. The van der Waals surface area contributed by atoms with Gasteiger partial charge in [-0.15, -0.1) is 0 Å². The maximum absolute atomic E-state index is 14.9. The first-order valence-electron chi connectivity index (χ1n) is 14.9. The zero-order valence-electron chi connectivity index (χ0n) is 26.0. The summed E-state index contributed by atoms with van der Waals surface area (Å²) >= 11 is 0. The molecule has 1 aromatic rings. The van der Waals surface area contributed by atoms with E-state index in [0.717, 1.165) is 5.57 Å². The Bertz CT molecular complexity index is 1560. The van der Waals surface area contributed by atoms with Crippen molar-refractivity contribution in [2.24, 2.45) is 17.8 Å². The fourth-order valence-corrected chi connectivity index (χ4v) is 8.31. The summed E-state index contributed by atoms with van der Waals surface area (Å²) in [5.41, 5.74) is -2.57. The number of phenols is 1. The van der Waals surface area contributed by atoms with Gasteiger partial charge in [-0.25, -0.2) is 4.79 Å². The Morgan fingerprint density at radius 1 is 1.09 bits per heavy atom. The van der Waals surface area contributed by atoms with Crippen LogP contribution in [0.15, 0.2) is 29.4 Å². The topological polar surface area (TPSA) is 129 Å². The molecule has 1 spiro atoms. The predicted molar refractivity (Wildman–Crippen MR) is 157 cm³/mol. The first kappa shape index (κ1) is 29.6. The molecule has 3 aliphatic carbocycles. The number of carboxylic acids is 1. The van der Waals surface area contributed by atoms with Gasteiger partial charge in [0.2, 0.25) is 0 Å². The normalized spacial score (nSPS) is 34.1. The van der Waals surface area contributed by atoms with E-state index in [9.17, 15) is 24.6 Å². The van der Waals surface area contributed by atoms with Crippen molar-refractivity contribution in [1.29, 1.82) is 0 Å². The van der Waals surface area contributed by atoms with Crippen LogP contribution in [0.2, 0.25) is 0 Å². The van der Waals surface area contributed by atoms with Crippen molar-refractivity contribution in [1.82, 2.24) is 0 Å². The molecule has 6 atom stereocenters. The van der Waals surface area contributed by atoms with Gasteiger partial charge in [-0.05, 0) is 73.5 Å². The minimum absolute atomic E-state index is 0.0474. The Morgan fingerprint density at radius 3 is 2.42 bits per heavy atom. The molecule has 1 aromatic carbocycles. The second-order valence-corrected chi connectivity index (χ2v) is 13.9. The lowest BCUT2D eigenvalue weighted by atomic mass is 9.45. The van der Waals surface area contributed by atoms with Gasteiger partial charge < -0.3 is 29.2 Å². The van der Waals surface area contributed by atoms with Gasteiger partial charge in [-0.3, -0.25) is 9.59 Å². The largest absolute Gasteiger partial charge is 0.506 e. The van der Waals surface area contributed by atoms with Crippen LogP contribution >= 0.6 is 0 Å². The zero-order valence-corrected chi connectivity index (χ0v) is 26.0. The lowest BCUT2D eigenvalue weighted by Gasteiger charge is -2.62. The van der Waals surface area contributed by atoms with E-state index in [4.69, 9.17) is 18.9 Å². The average Bonchev–Trinajstić information content (AvgIpc) is 3.06. The number of benzene rings is 1. The molecule has 230 valence electrons. The van der Waals surface area contributed by atoms with Gasteiger partial charge >= 0.3 is 5.97 Å². The predicted octanol–water partition coefficient (Wildman–Crippen LogP) is 5.22. The Hall–Kier alpha value is -3.43. The summed E-state index contributed by atoms with van der Waals surface area (Å²) in [6, 6.07) is 0. The Kier molecular flexibility index (Phi) is 6.40. The van der Waals surface area contributed by atoms with Gasteiger partial charge in [0.15, 0.2) is 22.8 Å².